The molecule has 0 spiro atoms. The van der Waals surface area contributed by atoms with Crippen molar-refractivity contribution in [1.82, 2.24) is 14.5 Å². The summed E-state index contributed by atoms with van der Waals surface area (Å²) in [4.78, 5) is 10.8. The van der Waals surface area contributed by atoms with Crippen molar-refractivity contribution in [3.05, 3.63) is 191 Å². The first-order valence-electron chi connectivity index (χ1n) is 26.1. The number of rotatable bonds is 7. The molecule has 1 N–H and O–H groups in total. The van der Waals surface area contributed by atoms with Gasteiger partial charge in [0.05, 0.1) is 28.0 Å². The van der Waals surface area contributed by atoms with Gasteiger partial charge in [-0.1, -0.05) is 206 Å². The third-order valence-electron chi connectivity index (χ3n) is 14.6. The van der Waals surface area contributed by atoms with Crippen LogP contribution in [0.3, 0.4) is 0 Å². The van der Waals surface area contributed by atoms with Crippen LogP contribution in [0.1, 0.15) is 137 Å². The van der Waals surface area contributed by atoms with Crippen molar-refractivity contribution >= 4 is 11.0 Å². The molecule has 73 heavy (non-hydrogen) atoms. The molecule has 0 saturated heterocycles. The molecule has 9 aromatic rings. The van der Waals surface area contributed by atoms with Gasteiger partial charge in [0, 0.05) is 28.5 Å². The summed E-state index contributed by atoms with van der Waals surface area (Å²) in [6, 6.07) is 55.8. The van der Waals surface area contributed by atoms with E-state index in [1.54, 1.807) is 0 Å². The van der Waals surface area contributed by atoms with E-state index in [0.717, 1.165) is 83.6 Å². The van der Waals surface area contributed by atoms with E-state index in [1.165, 1.54) is 22.3 Å². The van der Waals surface area contributed by atoms with Gasteiger partial charge in [-0.2, -0.15) is 0 Å². The fourth-order valence-corrected chi connectivity index (χ4v) is 9.92. The molecule has 4 nitrogen and oxygen atoms in total. The molecule has 7 aromatic carbocycles. The zero-order chi connectivity index (χ0) is 52.6. The Morgan fingerprint density at radius 1 is 0.397 bits per heavy atom. The lowest BCUT2D eigenvalue weighted by Gasteiger charge is -2.28. The first-order valence-corrected chi connectivity index (χ1v) is 26.1. The van der Waals surface area contributed by atoms with Gasteiger partial charge in [0.25, 0.3) is 0 Å². The summed E-state index contributed by atoms with van der Waals surface area (Å²) in [7, 11) is 0. The van der Waals surface area contributed by atoms with Crippen LogP contribution in [0.2, 0.25) is 0 Å². The van der Waals surface area contributed by atoms with Gasteiger partial charge >= 0.3 is 0 Å². The number of phenolic OH excluding ortho intramolecular Hbond substituents is 1. The number of para-hydroxylation sites is 1. The van der Waals surface area contributed by atoms with Gasteiger partial charge in [-0.05, 0) is 144 Å². The molecule has 0 radical (unpaired) electrons. The summed E-state index contributed by atoms with van der Waals surface area (Å²) in [5.74, 6) is 0.942. The van der Waals surface area contributed by atoms with Crippen LogP contribution in [0, 0.1) is 6.92 Å². The van der Waals surface area contributed by atoms with Crippen molar-refractivity contribution in [2.45, 2.75) is 138 Å². The Hall–Kier alpha value is -7.04. The monoisotopic (exact) mass is 962 g/mol. The highest BCUT2D eigenvalue weighted by Crippen LogP contribution is 2.47. The maximum absolute atomic E-state index is 12.7. The van der Waals surface area contributed by atoms with Crippen molar-refractivity contribution < 1.29 is 5.11 Å². The van der Waals surface area contributed by atoms with Crippen molar-refractivity contribution in [1.29, 1.82) is 0 Å². The highest BCUT2D eigenvalue weighted by Gasteiger charge is 2.30. The van der Waals surface area contributed by atoms with Crippen molar-refractivity contribution in [2.24, 2.45) is 0 Å². The Balaban J connectivity index is 1.37. The van der Waals surface area contributed by atoms with Crippen LogP contribution in [-0.2, 0) is 27.1 Å². The SMILES string of the molecule is Cc1ccc(-c2ccnc(-c3cc(-c4ccc(C(C)(C)C)cc4)cc(-c4cccc5c4nc(-c4cc(C(C)(C)C)cc(C(C)(C)C)c4O)n5-c4ccc(C(C)(C)C)cc4-c4ccc(C(C)(C)C)cc4)c3)c2)cc1. The minimum atomic E-state index is -0.344. The van der Waals surface area contributed by atoms with Crippen LogP contribution < -0.4 is 0 Å². The standard InChI is InChI=1S/C69H75N3O/c1-43-20-22-44(23-21-43)47-34-35-70-59(39-47)50-37-48(45-24-28-51(29-25-45)65(2,3)4)36-49(38-50)55-18-17-19-61-62(55)71-64(57-41-54(68(11,12)13)42-58(63(57)73)69(14,15)16)72(61)60-33-32-53(67(8,9)10)40-56(60)46-26-30-52(31-27-46)66(5,6)7/h17-42,73H,1-16H3. The molecular formula is C69H75N3O. The smallest absolute Gasteiger partial charge is 0.149 e. The Bertz CT molecular complexity index is 3500. The van der Waals surface area contributed by atoms with E-state index >= 15 is 0 Å². The molecule has 2 heterocycles. The number of fused-ring (bicyclic) bond motifs is 1. The molecule has 0 fully saturated rings. The number of phenols is 1. The summed E-state index contributed by atoms with van der Waals surface area (Å²) in [6.07, 6.45) is 1.92. The number of benzene rings is 7. The Morgan fingerprint density at radius 3 is 1.51 bits per heavy atom. The molecule has 2 aromatic heterocycles. The molecule has 9 rings (SSSR count). The summed E-state index contributed by atoms with van der Waals surface area (Å²) < 4.78 is 2.31. The van der Waals surface area contributed by atoms with E-state index in [0.29, 0.717) is 11.4 Å². The van der Waals surface area contributed by atoms with Crippen molar-refractivity contribution in [3.63, 3.8) is 0 Å². The lowest BCUT2D eigenvalue weighted by molar-refractivity contribution is 0.446. The van der Waals surface area contributed by atoms with Gasteiger partial charge in [-0.15, -0.1) is 0 Å². The van der Waals surface area contributed by atoms with E-state index < -0.39 is 0 Å². The lowest BCUT2D eigenvalue weighted by atomic mass is 9.79. The maximum Gasteiger partial charge on any atom is 0.149 e. The van der Waals surface area contributed by atoms with Gasteiger partial charge in [0.1, 0.15) is 11.6 Å². The number of aryl methyl sites for hydroxylation is 1. The van der Waals surface area contributed by atoms with Crippen LogP contribution in [0.4, 0.5) is 0 Å². The Kier molecular flexibility index (Phi) is 12.9. The number of pyridine rings is 1. The Labute approximate surface area is 436 Å². The van der Waals surface area contributed by atoms with Gasteiger partial charge < -0.3 is 5.11 Å². The highest BCUT2D eigenvalue weighted by molar-refractivity contribution is 5.98. The van der Waals surface area contributed by atoms with Crippen LogP contribution in [0.25, 0.3) is 83.9 Å². The van der Waals surface area contributed by atoms with E-state index in [2.05, 4.69) is 267 Å². The predicted octanol–water partition coefficient (Wildman–Crippen LogP) is 18.9. The molecule has 4 heteroatoms. The summed E-state index contributed by atoms with van der Waals surface area (Å²) in [5, 5.41) is 12.7. The van der Waals surface area contributed by atoms with Gasteiger partial charge in [0.2, 0.25) is 0 Å². The summed E-state index contributed by atoms with van der Waals surface area (Å²) >= 11 is 0. The normalized spacial score (nSPS) is 12.7. The number of hydrogen-bond donors (Lipinski definition) is 1. The fourth-order valence-electron chi connectivity index (χ4n) is 9.92. The van der Waals surface area contributed by atoms with E-state index in [4.69, 9.17) is 9.97 Å². The summed E-state index contributed by atoms with van der Waals surface area (Å²) in [6.45, 7) is 35.8. The fraction of sp³-hybridized carbons (Fsp3) is 0.304. The molecule has 0 aliphatic carbocycles. The number of imidazole rings is 1. The van der Waals surface area contributed by atoms with E-state index in [1.807, 2.05) is 6.20 Å². The van der Waals surface area contributed by atoms with Crippen molar-refractivity contribution in [3.8, 4) is 78.6 Å². The van der Waals surface area contributed by atoms with Gasteiger partial charge in [0.15, 0.2) is 0 Å². The second-order valence-corrected chi connectivity index (χ2v) is 25.6. The number of aromatic hydroxyl groups is 1. The molecular weight excluding hydrogens is 887 g/mol. The molecule has 0 amide bonds. The minimum Gasteiger partial charge on any atom is -0.507 e. The zero-order valence-electron chi connectivity index (χ0n) is 46.3. The van der Waals surface area contributed by atoms with E-state index in [9.17, 15) is 5.11 Å². The third kappa shape index (κ3) is 10.3. The zero-order valence-corrected chi connectivity index (χ0v) is 46.3. The average molecular weight is 962 g/mol. The summed E-state index contributed by atoms with van der Waals surface area (Å²) in [5.41, 5.74) is 20.6. The van der Waals surface area contributed by atoms with Crippen LogP contribution in [0.5, 0.6) is 5.75 Å². The first-order chi connectivity index (χ1) is 34.1. The highest BCUT2D eigenvalue weighted by atomic mass is 16.3. The molecule has 0 aliphatic heterocycles. The van der Waals surface area contributed by atoms with Crippen LogP contribution >= 0.6 is 0 Å². The molecule has 372 valence electrons. The second kappa shape index (κ2) is 18.5. The largest absolute Gasteiger partial charge is 0.507 e. The first kappa shape index (κ1) is 50.9. The quantitative estimate of drug-likeness (QED) is 0.173. The molecule has 0 saturated carbocycles. The van der Waals surface area contributed by atoms with Gasteiger partial charge in [-0.25, -0.2) is 4.98 Å². The second-order valence-electron chi connectivity index (χ2n) is 25.6. The average Bonchev–Trinajstić information content (AvgIpc) is 3.72. The van der Waals surface area contributed by atoms with Crippen LogP contribution in [0.15, 0.2) is 158 Å². The van der Waals surface area contributed by atoms with Gasteiger partial charge in [-0.3, -0.25) is 9.55 Å². The molecule has 0 aliphatic rings. The Morgan fingerprint density at radius 2 is 0.918 bits per heavy atom. The predicted molar refractivity (Wildman–Crippen MR) is 311 cm³/mol. The number of hydrogen-bond acceptors (Lipinski definition) is 3. The maximum atomic E-state index is 12.7. The third-order valence-corrected chi connectivity index (χ3v) is 14.6. The molecule has 0 unspecified atom stereocenters. The minimum absolute atomic E-state index is 0.00605. The van der Waals surface area contributed by atoms with E-state index in [-0.39, 0.29) is 32.8 Å². The number of nitrogens with zero attached hydrogens (tertiary/aromatic N) is 3. The topological polar surface area (TPSA) is 50.9 Å². The lowest BCUT2D eigenvalue weighted by Crippen LogP contribution is -2.17. The number of aromatic nitrogens is 3. The van der Waals surface area contributed by atoms with Crippen molar-refractivity contribution in [2.75, 3.05) is 0 Å². The van der Waals surface area contributed by atoms with Crippen LogP contribution in [-0.4, -0.2) is 19.6 Å². The molecule has 0 atom stereocenters. The molecule has 0 bridgehead atoms.